The van der Waals surface area contributed by atoms with Crippen molar-refractivity contribution in [1.82, 2.24) is 15.5 Å². The molecule has 36 heavy (non-hydrogen) atoms. The van der Waals surface area contributed by atoms with E-state index >= 15 is 0 Å². The van der Waals surface area contributed by atoms with Gasteiger partial charge in [0.25, 0.3) is 0 Å². The van der Waals surface area contributed by atoms with E-state index in [0.717, 1.165) is 75.5 Å². The van der Waals surface area contributed by atoms with Crippen LogP contribution >= 0.6 is 23.2 Å². The first kappa shape index (κ1) is 27.9. The van der Waals surface area contributed by atoms with Crippen molar-refractivity contribution in [2.75, 3.05) is 31.5 Å². The number of nitrogens with one attached hydrogen (secondary N) is 3. The molecule has 1 saturated heterocycles. The van der Waals surface area contributed by atoms with Crippen molar-refractivity contribution in [3.63, 3.8) is 0 Å². The van der Waals surface area contributed by atoms with E-state index < -0.39 is 17.7 Å². The highest BCUT2D eigenvalue weighted by Gasteiger charge is 2.20. The van der Waals surface area contributed by atoms with E-state index in [1.165, 1.54) is 6.08 Å². The summed E-state index contributed by atoms with van der Waals surface area (Å²) < 4.78 is 26.5. The molecule has 0 unspecified atom stereocenters. The zero-order valence-electron chi connectivity index (χ0n) is 19.8. The largest absolute Gasteiger partial charge is 0.353 e. The van der Waals surface area contributed by atoms with Crippen LogP contribution in [0.3, 0.4) is 0 Å². The van der Waals surface area contributed by atoms with E-state index in [-0.39, 0.29) is 17.6 Å². The van der Waals surface area contributed by atoms with Crippen LogP contribution in [0, 0.1) is 11.6 Å². The third-order valence-corrected chi connectivity index (χ3v) is 6.60. The number of carbonyl (C=O) groups is 2. The van der Waals surface area contributed by atoms with Gasteiger partial charge in [0.05, 0.1) is 10.0 Å². The molecule has 10 heteroatoms. The van der Waals surface area contributed by atoms with E-state index in [2.05, 4.69) is 20.9 Å². The number of rotatable bonds is 10. The first-order valence-corrected chi connectivity index (χ1v) is 12.7. The summed E-state index contributed by atoms with van der Waals surface area (Å²) in [5, 5.41) is 9.15. The highest BCUT2D eigenvalue weighted by Crippen LogP contribution is 2.23. The second kappa shape index (κ2) is 14.2. The molecule has 2 aromatic carbocycles. The van der Waals surface area contributed by atoms with Gasteiger partial charge in [0.1, 0.15) is 11.6 Å². The van der Waals surface area contributed by atoms with Crippen LogP contribution < -0.4 is 16.0 Å². The summed E-state index contributed by atoms with van der Waals surface area (Å²) in [6.07, 6.45) is 7.72. The Morgan fingerprint density at radius 1 is 0.972 bits per heavy atom. The first-order chi connectivity index (χ1) is 17.3. The molecule has 3 amide bonds. The Morgan fingerprint density at radius 2 is 1.69 bits per heavy atom. The minimum atomic E-state index is -0.738. The standard InChI is InChI=1S/C26H30Cl2F2N4O2/c27-23-6-4-18(14-24(23)28)5-7-25(35)31-10-2-1-3-11-34-12-8-21(9-13-34)32-26(36)33-22-16-19(29)15-20(30)17-22/h4-7,14-17,21H,1-3,8-13H2,(H,31,35)(H2,32,33,36)/b7-5+. The number of likely N-dealkylation sites (tertiary alicyclic amines) is 1. The molecule has 194 valence electrons. The molecule has 6 nitrogen and oxygen atoms in total. The Morgan fingerprint density at radius 3 is 2.39 bits per heavy atom. The van der Waals surface area contributed by atoms with E-state index in [4.69, 9.17) is 23.2 Å². The molecular formula is C26H30Cl2F2N4O2. The number of anilines is 1. The number of hydrogen-bond donors (Lipinski definition) is 3. The van der Waals surface area contributed by atoms with Crippen LogP contribution in [0.4, 0.5) is 19.3 Å². The van der Waals surface area contributed by atoms with Crippen LogP contribution in [0.15, 0.2) is 42.5 Å². The van der Waals surface area contributed by atoms with Gasteiger partial charge in [0.15, 0.2) is 0 Å². The Kier molecular flexibility index (Phi) is 11.0. The summed E-state index contributed by atoms with van der Waals surface area (Å²) in [5.74, 6) is -1.63. The quantitative estimate of drug-likeness (QED) is 0.262. The van der Waals surface area contributed by atoms with Gasteiger partial charge in [-0.05, 0) is 68.1 Å². The summed E-state index contributed by atoms with van der Waals surface area (Å²) >= 11 is 11.9. The smallest absolute Gasteiger partial charge is 0.319 e. The summed E-state index contributed by atoms with van der Waals surface area (Å²) in [4.78, 5) is 26.4. The predicted molar refractivity (Wildman–Crippen MR) is 140 cm³/mol. The van der Waals surface area contributed by atoms with Crippen LogP contribution in [0.5, 0.6) is 0 Å². The summed E-state index contributed by atoms with van der Waals surface area (Å²) in [6, 6.07) is 7.65. The third kappa shape index (κ3) is 9.76. The first-order valence-electron chi connectivity index (χ1n) is 12.0. The predicted octanol–water partition coefficient (Wildman–Crippen LogP) is 5.86. The zero-order valence-corrected chi connectivity index (χ0v) is 21.3. The van der Waals surface area contributed by atoms with Crippen LogP contribution in [-0.4, -0.2) is 49.1 Å². The van der Waals surface area contributed by atoms with Gasteiger partial charge in [-0.3, -0.25) is 4.79 Å². The van der Waals surface area contributed by atoms with Crippen LogP contribution in [0.1, 0.15) is 37.7 Å². The van der Waals surface area contributed by atoms with Crippen molar-refractivity contribution < 1.29 is 18.4 Å². The summed E-state index contributed by atoms with van der Waals surface area (Å²) in [5.41, 5.74) is 0.891. The second-order valence-corrected chi connectivity index (χ2v) is 9.55. The van der Waals surface area contributed by atoms with Gasteiger partial charge in [-0.25, -0.2) is 13.6 Å². The lowest BCUT2D eigenvalue weighted by atomic mass is 10.0. The number of hydrogen-bond acceptors (Lipinski definition) is 3. The van der Waals surface area contributed by atoms with Crippen molar-refractivity contribution in [1.29, 1.82) is 0 Å². The Bertz CT molecular complexity index is 1060. The lowest BCUT2D eigenvalue weighted by molar-refractivity contribution is -0.116. The Balaban J connectivity index is 1.23. The maximum Gasteiger partial charge on any atom is 0.319 e. The van der Waals surface area contributed by atoms with E-state index in [1.54, 1.807) is 24.3 Å². The maximum absolute atomic E-state index is 13.3. The molecule has 1 aliphatic rings. The number of carbonyl (C=O) groups excluding carboxylic acids is 2. The molecule has 0 radical (unpaired) electrons. The lowest BCUT2D eigenvalue weighted by Crippen LogP contribution is -2.46. The van der Waals surface area contributed by atoms with Crippen molar-refractivity contribution in [2.45, 2.75) is 38.1 Å². The van der Waals surface area contributed by atoms with Gasteiger partial charge < -0.3 is 20.9 Å². The molecule has 0 atom stereocenters. The molecule has 3 rings (SSSR count). The molecule has 1 fully saturated rings. The van der Waals surface area contributed by atoms with Gasteiger partial charge in [0.2, 0.25) is 5.91 Å². The van der Waals surface area contributed by atoms with Gasteiger partial charge >= 0.3 is 6.03 Å². The zero-order chi connectivity index (χ0) is 25.9. The molecule has 0 aromatic heterocycles. The minimum absolute atomic E-state index is 0.0202. The van der Waals surface area contributed by atoms with E-state index in [9.17, 15) is 18.4 Å². The number of nitrogens with zero attached hydrogens (tertiary/aromatic N) is 1. The molecule has 0 bridgehead atoms. The molecule has 0 aliphatic carbocycles. The van der Waals surface area contributed by atoms with Crippen molar-refractivity contribution in [3.05, 3.63) is 69.7 Å². The van der Waals surface area contributed by atoms with Crippen LogP contribution in [0.25, 0.3) is 6.08 Å². The molecule has 1 aliphatic heterocycles. The van der Waals surface area contributed by atoms with E-state index in [0.29, 0.717) is 16.6 Å². The minimum Gasteiger partial charge on any atom is -0.353 e. The van der Waals surface area contributed by atoms with E-state index in [1.807, 2.05) is 0 Å². The average Bonchev–Trinajstić information content (AvgIpc) is 2.82. The lowest BCUT2D eigenvalue weighted by Gasteiger charge is -2.32. The second-order valence-electron chi connectivity index (χ2n) is 8.73. The fourth-order valence-electron chi connectivity index (χ4n) is 3.98. The molecule has 3 N–H and O–H groups in total. The summed E-state index contributed by atoms with van der Waals surface area (Å²) in [6.45, 7) is 3.32. The van der Waals surface area contributed by atoms with Gasteiger partial charge in [-0.1, -0.05) is 35.7 Å². The Labute approximate surface area is 220 Å². The SMILES string of the molecule is O=C(/C=C/c1ccc(Cl)c(Cl)c1)NCCCCCN1CCC(NC(=O)Nc2cc(F)cc(F)c2)CC1. The van der Waals surface area contributed by atoms with Crippen molar-refractivity contribution in [3.8, 4) is 0 Å². The van der Waals surface area contributed by atoms with Crippen LogP contribution in [0.2, 0.25) is 10.0 Å². The van der Waals surface area contributed by atoms with Crippen molar-refractivity contribution >= 4 is 46.9 Å². The maximum atomic E-state index is 13.3. The molecule has 0 spiro atoms. The molecular weight excluding hydrogens is 509 g/mol. The number of unbranched alkanes of at least 4 members (excludes halogenated alkanes) is 2. The fraction of sp³-hybridized carbons (Fsp3) is 0.385. The third-order valence-electron chi connectivity index (χ3n) is 5.86. The fourth-order valence-corrected chi connectivity index (χ4v) is 4.28. The van der Waals surface area contributed by atoms with Crippen molar-refractivity contribution in [2.24, 2.45) is 0 Å². The number of benzene rings is 2. The number of halogens is 4. The van der Waals surface area contributed by atoms with Gasteiger partial charge in [-0.15, -0.1) is 0 Å². The highest BCUT2D eigenvalue weighted by atomic mass is 35.5. The normalized spacial score (nSPS) is 14.7. The highest BCUT2D eigenvalue weighted by molar-refractivity contribution is 6.42. The van der Waals surface area contributed by atoms with Crippen LogP contribution in [-0.2, 0) is 4.79 Å². The average molecular weight is 539 g/mol. The Hall–Kier alpha value is -2.68. The van der Waals surface area contributed by atoms with Gasteiger partial charge in [0, 0.05) is 43.5 Å². The summed E-state index contributed by atoms with van der Waals surface area (Å²) in [7, 11) is 0. The molecule has 0 saturated carbocycles. The number of piperidine rings is 1. The number of amides is 3. The monoisotopic (exact) mass is 538 g/mol. The molecule has 2 aromatic rings. The topological polar surface area (TPSA) is 73.5 Å². The molecule has 1 heterocycles. The van der Waals surface area contributed by atoms with Gasteiger partial charge in [-0.2, -0.15) is 0 Å². The number of urea groups is 1.